The highest BCUT2D eigenvalue weighted by Gasteiger charge is 2.31. The van der Waals surface area contributed by atoms with Gasteiger partial charge in [-0.1, -0.05) is 0 Å². The summed E-state index contributed by atoms with van der Waals surface area (Å²) in [4.78, 5) is 2.86. The van der Waals surface area contributed by atoms with E-state index in [2.05, 4.69) is 33.5 Å². The summed E-state index contributed by atoms with van der Waals surface area (Å²) >= 11 is 7.13. The maximum Gasteiger partial charge on any atom is 0.416 e. The maximum atomic E-state index is 12.5. The molecule has 0 saturated carbocycles. The Bertz CT molecular complexity index is 518. The van der Waals surface area contributed by atoms with Crippen LogP contribution in [0.15, 0.2) is 27.7 Å². The number of aromatic nitrogens is 1. The van der Waals surface area contributed by atoms with Gasteiger partial charge in [0.2, 0.25) is 0 Å². The van der Waals surface area contributed by atoms with E-state index in [1.54, 1.807) is 6.07 Å². The molecule has 0 aliphatic heterocycles. The molecule has 1 heterocycles. The summed E-state index contributed by atoms with van der Waals surface area (Å²) in [6.45, 7) is 0. The first-order chi connectivity index (χ1) is 6.88. The van der Waals surface area contributed by atoms with Crippen LogP contribution in [-0.2, 0) is 6.18 Å². The predicted molar refractivity (Wildman–Crippen MR) is 58.3 cm³/mol. The van der Waals surface area contributed by atoms with Crippen LogP contribution in [0, 0.1) is 0 Å². The van der Waals surface area contributed by atoms with E-state index in [-0.39, 0.29) is 0 Å². The minimum atomic E-state index is -4.33. The van der Waals surface area contributed by atoms with Crippen molar-refractivity contribution in [1.82, 2.24) is 4.98 Å². The predicted octanol–water partition coefficient (Wildman–Crippen LogP) is 4.24. The van der Waals surface area contributed by atoms with Crippen LogP contribution >= 0.6 is 28.6 Å². The van der Waals surface area contributed by atoms with Crippen LogP contribution < -0.4 is 0 Å². The number of fused-ring (bicyclic) bond motifs is 1. The van der Waals surface area contributed by atoms with Crippen molar-refractivity contribution < 1.29 is 13.2 Å². The Morgan fingerprint density at radius 1 is 1.20 bits per heavy atom. The molecule has 1 aromatic carbocycles. The molecule has 0 saturated heterocycles. The van der Waals surface area contributed by atoms with Gasteiger partial charge in [0.1, 0.15) is 0 Å². The Morgan fingerprint density at radius 3 is 2.47 bits per heavy atom. The van der Waals surface area contributed by atoms with Crippen molar-refractivity contribution >= 4 is 39.5 Å². The largest absolute Gasteiger partial charge is 0.416 e. The molecular weight excluding hydrogens is 291 g/mol. The topological polar surface area (TPSA) is 15.8 Å². The van der Waals surface area contributed by atoms with E-state index in [0.29, 0.717) is 20.4 Å². The van der Waals surface area contributed by atoms with Crippen LogP contribution in [0.2, 0.25) is 0 Å². The highest BCUT2D eigenvalue weighted by atomic mass is 79.9. The van der Waals surface area contributed by atoms with E-state index in [9.17, 15) is 13.2 Å². The van der Waals surface area contributed by atoms with Crippen molar-refractivity contribution in [1.29, 1.82) is 0 Å². The zero-order valence-electron chi connectivity index (χ0n) is 7.19. The number of alkyl halides is 3. The third kappa shape index (κ3) is 2.01. The Labute approximate surface area is 97.2 Å². The van der Waals surface area contributed by atoms with Crippen LogP contribution in [0.25, 0.3) is 10.9 Å². The molecule has 0 unspecified atom stereocenters. The molecule has 1 nitrogen and oxygen atoms in total. The second kappa shape index (κ2) is 3.45. The Balaban J connectivity index is 2.72. The molecule has 0 fully saturated rings. The van der Waals surface area contributed by atoms with Crippen LogP contribution in [0.1, 0.15) is 5.56 Å². The number of benzene rings is 1. The van der Waals surface area contributed by atoms with E-state index in [4.69, 9.17) is 0 Å². The molecule has 80 valence electrons. The summed E-state index contributed by atoms with van der Waals surface area (Å²) in [6.07, 6.45) is -4.33. The van der Waals surface area contributed by atoms with Crippen molar-refractivity contribution in [2.45, 2.75) is 11.2 Å². The first kappa shape index (κ1) is 10.9. The maximum absolute atomic E-state index is 12.5. The van der Waals surface area contributed by atoms with E-state index in [0.717, 1.165) is 12.1 Å². The van der Waals surface area contributed by atoms with Crippen LogP contribution in [0.5, 0.6) is 0 Å². The second-order valence-electron chi connectivity index (χ2n) is 3.07. The quantitative estimate of drug-likeness (QED) is 0.676. The third-order valence-corrected chi connectivity index (χ3v) is 2.86. The summed E-state index contributed by atoms with van der Waals surface area (Å²) < 4.78 is 37.7. The van der Waals surface area contributed by atoms with Crippen molar-refractivity contribution in [3.63, 3.8) is 0 Å². The zero-order valence-corrected chi connectivity index (χ0v) is 9.67. The number of hydrogen-bond donors (Lipinski definition) is 2. The molecule has 0 aliphatic rings. The lowest BCUT2D eigenvalue weighted by Gasteiger charge is -2.07. The minimum absolute atomic E-state index is 0.382. The van der Waals surface area contributed by atoms with Crippen LogP contribution in [-0.4, -0.2) is 4.98 Å². The molecule has 1 aromatic heterocycles. The van der Waals surface area contributed by atoms with E-state index < -0.39 is 11.7 Å². The highest BCUT2D eigenvalue weighted by Crippen LogP contribution is 2.35. The number of aromatic amines is 1. The number of nitrogens with one attached hydrogen (secondary N) is 1. The monoisotopic (exact) mass is 295 g/mol. The highest BCUT2D eigenvalue weighted by molar-refractivity contribution is 9.10. The lowest BCUT2D eigenvalue weighted by molar-refractivity contribution is -0.137. The SMILES string of the molecule is FC(F)(F)c1cc(Br)c2[nH]c(S)cc2c1. The first-order valence-corrected chi connectivity index (χ1v) is 5.20. The van der Waals surface area contributed by atoms with Gasteiger partial charge in [-0.25, -0.2) is 0 Å². The summed E-state index contributed by atoms with van der Waals surface area (Å²) in [5.41, 5.74) is -0.0535. The fraction of sp³-hybridized carbons (Fsp3) is 0.111. The Morgan fingerprint density at radius 2 is 1.87 bits per heavy atom. The molecule has 0 bridgehead atoms. The molecule has 0 atom stereocenters. The molecule has 0 radical (unpaired) electrons. The fourth-order valence-corrected chi connectivity index (χ4v) is 2.17. The van der Waals surface area contributed by atoms with E-state index in [1.165, 1.54) is 0 Å². The molecule has 2 aromatic rings. The minimum Gasteiger partial charge on any atom is -0.349 e. The smallest absolute Gasteiger partial charge is 0.349 e. The van der Waals surface area contributed by atoms with Crippen molar-refractivity contribution in [2.75, 3.05) is 0 Å². The average Bonchev–Trinajstić information content (AvgIpc) is 2.44. The second-order valence-corrected chi connectivity index (χ2v) is 4.41. The molecule has 2 rings (SSSR count). The van der Waals surface area contributed by atoms with Gasteiger partial charge >= 0.3 is 6.18 Å². The number of rotatable bonds is 0. The number of halogens is 4. The van der Waals surface area contributed by atoms with Gasteiger partial charge in [-0.05, 0) is 34.1 Å². The van der Waals surface area contributed by atoms with Gasteiger partial charge in [0.15, 0.2) is 0 Å². The fourth-order valence-electron chi connectivity index (χ4n) is 1.35. The number of thiol groups is 1. The van der Waals surface area contributed by atoms with E-state index >= 15 is 0 Å². The standard InChI is InChI=1S/C9H5BrF3NS/c10-6-3-5(9(11,12)13)1-4-2-7(15)14-8(4)6/h1-3,14-15H. The first-order valence-electron chi connectivity index (χ1n) is 3.96. The number of H-pyrrole nitrogens is 1. The molecule has 15 heavy (non-hydrogen) atoms. The Kier molecular flexibility index (Phi) is 2.50. The molecule has 0 amide bonds. The summed E-state index contributed by atoms with van der Waals surface area (Å²) in [7, 11) is 0. The van der Waals surface area contributed by atoms with Gasteiger partial charge in [-0.2, -0.15) is 13.2 Å². The normalized spacial score (nSPS) is 12.3. The van der Waals surface area contributed by atoms with Gasteiger partial charge in [0.25, 0.3) is 0 Å². The van der Waals surface area contributed by atoms with Gasteiger partial charge in [-0.15, -0.1) is 12.6 Å². The van der Waals surface area contributed by atoms with Crippen LogP contribution in [0.3, 0.4) is 0 Å². The third-order valence-electron chi connectivity index (χ3n) is 1.99. The molecule has 1 N–H and O–H groups in total. The van der Waals surface area contributed by atoms with Gasteiger partial charge < -0.3 is 4.98 Å². The van der Waals surface area contributed by atoms with Crippen LogP contribution in [0.4, 0.5) is 13.2 Å². The van der Waals surface area contributed by atoms with Crippen molar-refractivity contribution in [2.24, 2.45) is 0 Å². The lowest BCUT2D eigenvalue weighted by atomic mass is 10.1. The summed E-state index contributed by atoms with van der Waals surface area (Å²) in [6, 6.07) is 3.70. The Hall–Kier alpha value is -0.620. The summed E-state index contributed by atoms with van der Waals surface area (Å²) in [5, 5.41) is 1.02. The molecular formula is C9H5BrF3NS. The average molecular weight is 296 g/mol. The molecule has 6 heteroatoms. The summed E-state index contributed by atoms with van der Waals surface area (Å²) in [5.74, 6) is 0. The van der Waals surface area contributed by atoms with Gasteiger partial charge in [0, 0.05) is 9.86 Å². The van der Waals surface area contributed by atoms with Gasteiger partial charge in [-0.3, -0.25) is 0 Å². The molecule has 0 spiro atoms. The molecule has 0 aliphatic carbocycles. The van der Waals surface area contributed by atoms with E-state index in [1.807, 2.05) is 0 Å². The lowest BCUT2D eigenvalue weighted by Crippen LogP contribution is -2.04. The van der Waals surface area contributed by atoms with Crippen molar-refractivity contribution in [3.8, 4) is 0 Å². The number of hydrogen-bond acceptors (Lipinski definition) is 1. The van der Waals surface area contributed by atoms with Gasteiger partial charge in [0.05, 0.1) is 16.1 Å². The zero-order chi connectivity index (χ0) is 11.2. The van der Waals surface area contributed by atoms with Crippen molar-refractivity contribution in [3.05, 3.63) is 28.2 Å².